The first-order valence-electron chi connectivity index (χ1n) is 4.12. The molecule has 0 saturated carbocycles. The SMILES string of the molecule is CC(C)(C)C1=CC(NN)NN=C1I. The van der Waals surface area contributed by atoms with Crippen molar-refractivity contribution in [2.75, 3.05) is 0 Å². The second-order valence-corrected chi connectivity index (χ2v) is 5.03. The average molecular weight is 294 g/mol. The molecule has 0 bridgehead atoms. The lowest BCUT2D eigenvalue weighted by Gasteiger charge is -2.27. The van der Waals surface area contributed by atoms with Gasteiger partial charge >= 0.3 is 0 Å². The van der Waals surface area contributed by atoms with Gasteiger partial charge in [0.2, 0.25) is 0 Å². The van der Waals surface area contributed by atoms with Crippen LogP contribution in [0.5, 0.6) is 0 Å². The Hall–Kier alpha value is -0.140. The summed E-state index contributed by atoms with van der Waals surface area (Å²) in [5.41, 5.74) is 6.84. The lowest BCUT2D eigenvalue weighted by atomic mass is 9.86. The van der Waals surface area contributed by atoms with Crippen molar-refractivity contribution in [3.05, 3.63) is 11.6 Å². The zero-order valence-electron chi connectivity index (χ0n) is 8.06. The summed E-state index contributed by atoms with van der Waals surface area (Å²) in [6.45, 7) is 6.48. The zero-order valence-corrected chi connectivity index (χ0v) is 10.2. The van der Waals surface area contributed by atoms with Gasteiger partial charge in [-0.25, -0.2) is 5.43 Å². The van der Waals surface area contributed by atoms with Gasteiger partial charge in [-0.2, -0.15) is 5.10 Å². The van der Waals surface area contributed by atoms with Crippen LogP contribution in [0, 0.1) is 5.41 Å². The topological polar surface area (TPSA) is 62.4 Å². The molecule has 0 aromatic carbocycles. The Bertz CT molecular complexity index is 251. The number of nitrogens with one attached hydrogen (secondary N) is 2. The quantitative estimate of drug-likeness (QED) is 0.385. The highest BCUT2D eigenvalue weighted by Gasteiger charge is 2.24. The molecule has 1 heterocycles. The largest absolute Gasteiger partial charge is 0.287 e. The molecular weight excluding hydrogens is 279 g/mol. The highest BCUT2D eigenvalue weighted by Crippen LogP contribution is 2.29. The molecule has 13 heavy (non-hydrogen) atoms. The Morgan fingerprint density at radius 1 is 1.62 bits per heavy atom. The van der Waals surface area contributed by atoms with Crippen LogP contribution in [-0.2, 0) is 0 Å². The van der Waals surface area contributed by atoms with Gasteiger partial charge in [-0.15, -0.1) is 0 Å². The van der Waals surface area contributed by atoms with Crippen molar-refractivity contribution >= 4 is 26.3 Å². The molecule has 0 radical (unpaired) electrons. The maximum absolute atomic E-state index is 5.33. The molecule has 0 spiro atoms. The molecule has 0 aromatic heterocycles. The molecule has 1 aliphatic heterocycles. The van der Waals surface area contributed by atoms with E-state index in [2.05, 4.69) is 65.4 Å². The maximum atomic E-state index is 5.33. The molecule has 1 aliphatic rings. The molecule has 0 aromatic rings. The van der Waals surface area contributed by atoms with Gasteiger partial charge in [-0.3, -0.25) is 11.3 Å². The number of halogens is 1. The summed E-state index contributed by atoms with van der Waals surface area (Å²) in [5.74, 6) is 5.33. The Balaban J connectivity index is 2.91. The van der Waals surface area contributed by atoms with Crippen LogP contribution in [0.2, 0.25) is 0 Å². The molecule has 0 fully saturated rings. The van der Waals surface area contributed by atoms with Crippen molar-refractivity contribution in [3.63, 3.8) is 0 Å². The Morgan fingerprint density at radius 2 is 2.23 bits per heavy atom. The number of nitrogens with zero attached hydrogens (tertiary/aromatic N) is 1. The summed E-state index contributed by atoms with van der Waals surface area (Å²) in [6.07, 6.45) is 2.00. The molecule has 1 rings (SSSR count). The molecule has 4 nitrogen and oxygen atoms in total. The number of nitrogens with two attached hydrogens (primary N) is 1. The van der Waals surface area contributed by atoms with Crippen LogP contribution in [0.15, 0.2) is 16.8 Å². The smallest absolute Gasteiger partial charge is 0.125 e. The first kappa shape index (κ1) is 10.9. The van der Waals surface area contributed by atoms with Crippen LogP contribution < -0.4 is 16.7 Å². The predicted octanol–water partition coefficient (Wildman–Crippen LogP) is 1.10. The lowest BCUT2D eigenvalue weighted by Crippen LogP contribution is -2.45. The van der Waals surface area contributed by atoms with Crippen molar-refractivity contribution in [2.24, 2.45) is 16.4 Å². The lowest BCUT2D eigenvalue weighted by molar-refractivity contribution is 0.477. The minimum absolute atomic E-state index is 0.0623. The van der Waals surface area contributed by atoms with Crippen LogP contribution in [-0.4, -0.2) is 9.88 Å². The van der Waals surface area contributed by atoms with E-state index in [0.29, 0.717) is 0 Å². The van der Waals surface area contributed by atoms with Crippen molar-refractivity contribution in [1.82, 2.24) is 10.9 Å². The predicted molar refractivity (Wildman–Crippen MR) is 63.2 cm³/mol. The molecule has 1 atom stereocenters. The van der Waals surface area contributed by atoms with Crippen molar-refractivity contribution in [1.29, 1.82) is 0 Å². The zero-order chi connectivity index (χ0) is 10.1. The van der Waals surface area contributed by atoms with E-state index in [4.69, 9.17) is 5.84 Å². The maximum Gasteiger partial charge on any atom is 0.125 e. The first-order valence-corrected chi connectivity index (χ1v) is 5.20. The molecule has 4 N–H and O–H groups in total. The fourth-order valence-electron chi connectivity index (χ4n) is 1.10. The summed E-state index contributed by atoms with van der Waals surface area (Å²) in [4.78, 5) is 0. The third kappa shape index (κ3) is 2.65. The van der Waals surface area contributed by atoms with Gasteiger partial charge in [-0.1, -0.05) is 20.8 Å². The molecule has 74 valence electrons. The molecule has 0 aliphatic carbocycles. The van der Waals surface area contributed by atoms with Gasteiger partial charge in [0.05, 0.1) is 0 Å². The van der Waals surface area contributed by atoms with E-state index in [0.717, 1.165) is 3.72 Å². The number of hydrazone groups is 1. The highest BCUT2D eigenvalue weighted by molar-refractivity contribution is 14.1. The molecule has 1 unspecified atom stereocenters. The normalized spacial score (nSPS) is 23.3. The third-order valence-corrected chi connectivity index (χ3v) is 2.67. The van der Waals surface area contributed by atoms with E-state index in [9.17, 15) is 0 Å². The molecule has 5 heteroatoms. The molecular formula is C8H15IN4. The van der Waals surface area contributed by atoms with Crippen LogP contribution in [0.1, 0.15) is 20.8 Å². The van der Waals surface area contributed by atoms with Gasteiger partial charge in [0.15, 0.2) is 0 Å². The van der Waals surface area contributed by atoms with Gasteiger partial charge < -0.3 is 0 Å². The van der Waals surface area contributed by atoms with E-state index in [1.165, 1.54) is 5.57 Å². The van der Waals surface area contributed by atoms with Crippen LogP contribution in [0.4, 0.5) is 0 Å². The van der Waals surface area contributed by atoms with Gasteiger partial charge in [0.25, 0.3) is 0 Å². The second-order valence-electron chi connectivity index (χ2n) is 4.01. The summed E-state index contributed by atoms with van der Waals surface area (Å²) in [6, 6.07) is 0. The number of rotatable bonds is 1. The summed E-state index contributed by atoms with van der Waals surface area (Å²) < 4.78 is 0.997. The fraction of sp³-hybridized carbons (Fsp3) is 0.625. The minimum atomic E-state index is -0.0623. The van der Waals surface area contributed by atoms with Crippen LogP contribution in [0.25, 0.3) is 0 Å². The Labute approximate surface area is 92.1 Å². The Morgan fingerprint density at radius 3 is 2.69 bits per heavy atom. The summed E-state index contributed by atoms with van der Waals surface area (Å²) >= 11 is 2.22. The van der Waals surface area contributed by atoms with E-state index in [-0.39, 0.29) is 11.6 Å². The summed E-state index contributed by atoms with van der Waals surface area (Å²) in [7, 11) is 0. The van der Waals surface area contributed by atoms with Crippen LogP contribution in [0.3, 0.4) is 0 Å². The second kappa shape index (κ2) is 3.93. The average Bonchev–Trinajstić information content (AvgIpc) is 2.03. The minimum Gasteiger partial charge on any atom is -0.287 e. The van der Waals surface area contributed by atoms with Crippen molar-refractivity contribution in [3.8, 4) is 0 Å². The van der Waals surface area contributed by atoms with Gasteiger partial charge in [-0.05, 0) is 39.7 Å². The van der Waals surface area contributed by atoms with Gasteiger partial charge in [0, 0.05) is 0 Å². The number of hydrogen-bond donors (Lipinski definition) is 3. The summed E-state index contributed by atoms with van der Waals surface area (Å²) in [5, 5.41) is 4.17. The van der Waals surface area contributed by atoms with Crippen molar-refractivity contribution < 1.29 is 0 Å². The number of hydrazine groups is 1. The van der Waals surface area contributed by atoms with E-state index < -0.39 is 0 Å². The van der Waals surface area contributed by atoms with E-state index >= 15 is 0 Å². The van der Waals surface area contributed by atoms with Gasteiger partial charge in [0.1, 0.15) is 9.88 Å². The number of allylic oxidation sites excluding steroid dienone is 1. The van der Waals surface area contributed by atoms with E-state index in [1.807, 2.05) is 0 Å². The van der Waals surface area contributed by atoms with Crippen LogP contribution >= 0.6 is 22.6 Å². The Kier molecular flexibility index (Phi) is 3.31. The highest BCUT2D eigenvalue weighted by atomic mass is 127. The van der Waals surface area contributed by atoms with E-state index in [1.54, 1.807) is 0 Å². The molecule has 0 saturated heterocycles. The number of hydrogen-bond acceptors (Lipinski definition) is 4. The monoisotopic (exact) mass is 294 g/mol. The standard InChI is InChI=1S/C8H15IN4/c1-8(2,3)5-4-6(11-10)12-13-7(5)9/h4,6,11-12H,10H2,1-3H3. The molecule has 0 amide bonds. The van der Waals surface area contributed by atoms with Crippen molar-refractivity contribution in [2.45, 2.75) is 26.9 Å². The fourth-order valence-corrected chi connectivity index (χ4v) is 2.23. The first-order chi connectivity index (χ1) is 5.95. The third-order valence-electron chi connectivity index (χ3n) is 1.84.